The number of rotatable bonds is 8. The minimum atomic E-state index is -1.12. The van der Waals surface area contributed by atoms with Crippen LogP contribution in [0.5, 0.6) is 0 Å². The van der Waals surface area contributed by atoms with Crippen LogP contribution in [-0.2, 0) is 12.8 Å². The summed E-state index contributed by atoms with van der Waals surface area (Å²) < 4.78 is 44.8. The molecule has 0 saturated heterocycles. The Kier molecular flexibility index (Phi) is 7.57. The highest BCUT2D eigenvalue weighted by Gasteiger charge is 2.21. The lowest BCUT2D eigenvalue weighted by atomic mass is 9.78. The average molecular weight is 451 g/mol. The second kappa shape index (κ2) is 10.6. The summed E-state index contributed by atoms with van der Waals surface area (Å²) in [4.78, 5) is 0. The van der Waals surface area contributed by atoms with Gasteiger partial charge in [-0.15, -0.1) is 6.58 Å². The Morgan fingerprint density at radius 1 is 0.848 bits per heavy atom. The number of hydrogen-bond donors (Lipinski definition) is 0. The van der Waals surface area contributed by atoms with Gasteiger partial charge >= 0.3 is 0 Å². The molecule has 0 aromatic heterocycles. The molecule has 0 spiro atoms. The highest BCUT2D eigenvalue weighted by molar-refractivity contribution is 5.89. The summed E-state index contributed by atoms with van der Waals surface area (Å²) in [6, 6.07) is 12.6. The standard InChI is InChI=1S/C30H33F3/c1-3-5-6-24-17-18-25-19-26(29(32)30(33)27(25)28(24)31)23-15-13-22(14-16-23)12-11-21-9-7-20(4-2)8-10-21/h3,13-21H,1,4-12H2,2H3. The summed E-state index contributed by atoms with van der Waals surface area (Å²) in [6.45, 7) is 5.92. The second-order valence-corrected chi connectivity index (χ2v) is 9.55. The Morgan fingerprint density at radius 3 is 2.21 bits per heavy atom. The predicted molar refractivity (Wildman–Crippen MR) is 132 cm³/mol. The van der Waals surface area contributed by atoms with E-state index in [0.717, 1.165) is 18.3 Å². The van der Waals surface area contributed by atoms with E-state index in [9.17, 15) is 13.2 Å². The van der Waals surface area contributed by atoms with Gasteiger partial charge < -0.3 is 0 Å². The van der Waals surface area contributed by atoms with Crippen LogP contribution in [0.25, 0.3) is 21.9 Å². The van der Waals surface area contributed by atoms with Gasteiger partial charge in [0.05, 0.1) is 5.39 Å². The largest absolute Gasteiger partial charge is 0.206 e. The molecular formula is C30H33F3. The first-order valence-electron chi connectivity index (χ1n) is 12.3. The maximum absolute atomic E-state index is 15.0. The minimum absolute atomic E-state index is 0.169. The molecule has 0 nitrogen and oxygen atoms in total. The Hall–Kier alpha value is -2.55. The maximum atomic E-state index is 15.0. The molecule has 0 atom stereocenters. The molecule has 174 valence electrons. The van der Waals surface area contributed by atoms with E-state index in [2.05, 4.69) is 13.5 Å². The molecule has 0 amide bonds. The molecule has 0 N–H and O–H groups in total. The fourth-order valence-corrected chi connectivity index (χ4v) is 5.24. The van der Waals surface area contributed by atoms with Crippen molar-refractivity contribution in [3.63, 3.8) is 0 Å². The Balaban J connectivity index is 1.51. The zero-order chi connectivity index (χ0) is 23.4. The van der Waals surface area contributed by atoms with Crippen LogP contribution in [0.3, 0.4) is 0 Å². The van der Waals surface area contributed by atoms with Crippen molar-refractivity contribution >= 4 is 10.8 Å². The van der Waals surface area contributed by atoms with Crippen molar-refractivity contribution < 1.29 is 13.2 Å². The van der Waals surface area contributed by atoms with E-state index >= 15 is 0 Å². The van der Waals surface area contributed by atoms with Crippen LogP contribution in [0.4, 0.5) is 13.2 Å². The van der Waals surface area contributed by atoms with Crippen molar-refractivity contribution in [3.05, 3.63) is 83.7 Å². The number of allylic oxidation sites excluding steroid dienone is 1. The van der Waals surface area contributed by atoms with Crippen molar-refractivity contribution in [1.82, 2.24) is 0 Å². The van der Waals surface area contributed by atoms with Gasteiger partial charge in [0.1, 0.15) is 5.82 Å². The SMILES string of the molecule is C=CCCc1ccc2cc(-c3ccc(CCC4CCC(CC)CC4)cc3)c(F)c(F)c2c1F. The molecule has 1 saturated carbocycles. The molecule has 0 unspecified atom stereocenters. The van der Waals surface area contributed by atoms with Crippen molar-refractivity contribution in [2.24, 2.45) is 11.8 Å². The van der Waals surface area contributed by atoms with Gasteiger partial charge in [0.15, 0.2) is 11.6 Å². The van der Waals surface area contributed by atoms with Crippen molar-refractivity contribution in [2.45, 2.75) is 64.7 Å². The van der Waals surface area contributed by atoms with Crippen LogP contribution in [0.2, 0.25) is 0 Å². The van der Waals surface area contributed by atoms with Gasteiger partial charge in [-0.05, 0) is 65.7 Å². The molecule has 0 bridgehead atoms. The van der Waals surface area contributed by atoms with E-state index in [-0.39, 0.29) is 10.9 Å². The summed E-state index contributed by atoms with van der Waals surface area (Å²) >= 11 is 0. The predicted octanol–water partition coefficient (Wildman–Crippen LogP) is 9.19. The molecule has 1 aliphatic rings. The van der Waals surface area contributed by atoms with E-state index in [0.29, 0.717) is 29.4 Å². The van der Waals surface area contributed by atoms with Crippen LogP contribution >= 0.6 is 0 Å². The monoisotopic (exact) mass is 450 g/mol. The van der Waals surface area contributed by atoms with Crippen molar-refractivity contribution in [2.75, 3.05) is 0 Å². The van der Waals surface area contributed by atoms with Crippen LogP contribution in [-0.4, -0.2) is 0 Å². The molecule has 0 heterocycles. The average Bonchev–Trinajstić information content (AvgIpc) is 2.85. The smallest absolute Gasteiger partial charge is 0.170 e. The number of benzene rings is 3. The van der Waals surface area contributed by atoms with Crippen LogP contribution in [0, 0.1) is 29.3 Å². The molecule has 1 fully saturated rings. The Morgan fingerprint density at radius 2 is 1.55 bits per heavy atom. The molecule has 1 aliphatic carbocycles. The number of hydrogen-bond acceptors (Lipinski definition) is 0. The molecule has 0 aliphatic heterocycles. The van der Waals surface area contributed by atoms with E-state index in [1.807, 2.05) is 24.3 Å². The van der Waals surface area contributed by atoms with E-state index < -0.39 is 17.5 Å². The minimum Gasteiger partial charge on any atom is -0.206 e. The lowest BCUT2D eigenvalue weighted by Gasteiger charge is -2.27. The summed E-state index contributed by atoms with van der Waals surface area (Å²) in [7, 11) is 0. The normalized spacial score (nSPS) is 18.5. The van der Waals surface area contributed by atoms with E-state index in [1.54, 1.807) is 24.3 Å². The fraction of sp³-hybridized carbons (Fsp3) is 0.400. The third-order valence-corrected chi connectivity index (χ3v) is 7.47. The number of aryl methyl sites for hydroxylation is 2. The Bertz CT molecular complexity index is 1110. The van der Waals surface area contributed by atoms with Gasteiger partial charge in [-0.25, -0.2) is 13.2 Å². The van der Waals surface area contributed by atoms with Gasteiger partial charge in [-0.1, -0.05) is 81.5 Å². The first-order chi connectivity index (χ1) is 16.0. The molecule has 3 heteroatoms. The van der Waals surface area contributed by atoms with Crippen LogP contribution in [0.15, 0.2) is 55.1 Å². The zero-order valence-electron chi connectivity index (χ0n) is 19.5. The lowest BCUT2D eigenvalue weighted by molar-refractivity contribution is 0.259. The van der Waals surface area contributed by atoms with Crippen molar-refractivity contribution in [1.29, 1.82) is 0 Å². The zero-order valence-corrected chi connectivity index (χ0v) is 19.5. The molecule has 33 heavy (non-hydrogen) atoms. The fourth-order valence-electron chi connectivity index (χ4n) is 5.24. The highest BCUT2D eigenvalue weighted by atomic mass is 19.2. The summed E-state index contributed by atoms with van der Waals surface area (Å²) in [5.41, 5.74) is 2.37. The molecule has 3 aromatic carbocycles. The van der Waals surface area contributed by atoms with Crippen molar-refractivity contribution in [3.8, 4) is 11.1 Å². The van der Waals surface area contributed by atoms with Gasteiger partial charge in [0, 0.05) is 5.56 Å². The first kappa shape index (κ1) is 23.6. The summed E-state index contributed by atoms with van der Waals surface area (Å²) in [6.07, 6.45) is 11.5. The van der Waals surface area contributed by atoms with Crippen LogP contribution < -0.4 is 0 Å². The second-order valence-electron chi connectivity index (χ2n) is 9.55. The summed E-state index contributed by atoms with van der Waals surface area (Å²) in [5.74, 6) is -1.09. The summed E-state index contributed by atoms with van der Waals surface area (Å²) in [5, 5.41) is 0.0998. The van der Waals surface area contributed by atoms with Gasteiger partial charge in [0.2, 0.25) is 0 Å². The molecule has 4 rings (SSSR count). The molecule has 3 aromatic rings. The topological polar surface area (TPSA) is 0 Å². The van der Waals surface area contributed by atoms with Gasteiger partial charge in [-0.3, -0.25) is 0 Å². The van der Waals surface area contributed by atoms with Gasteiger partial charge in [0.25, 0.3) is 0 Å². The molecule has 0 radical (unpaired) electrons. The lowest BCUT2D eigenvalue weighted by Crippen LogP contribution is -2.14. The van der Waals surface area contributed by atoms with E-state index in [4.69, 9.17) is 0 Å². The molecular weight excluding hydrogens is 417 g/mol. The highest BCUT2D eigenvalue weighted by Crippen LogP contribution is 2.35. The number of fused-ring (bicyclic) bond motifs is 1. The van der Waals surface area contributed by atoms with E-state index in [1.165, 1.54) is 44.1 Å². The Labute approximate surface area is 195 Å². The third kappa shape index (κ3) is 5.18. The van der Waals surface area contributed by atoms with Gasteiger partial charge in [-0.2, -0.15) is 0 Å². The first-order valence-corrected chi connectivity index (χ1v) is 12.3. The quantitative estimate of drug-likeness (QED) is 0.300. The number of halogens is 3. The van der Waals surface area contributed by atoms with Crippen LogP contribution in [0.1, 0.15) is 63.0 Å². The third-order valence-electron chi connectivity index (χ3n) is 7.47. The maximum Gasteiger partial charge on any atom is 0.170 e.